The van der Waals surface area contributed by atoms with Gasteiger partial charge in [0, 0.05) is 32.1 Å². The van der Waals surface area contributed by atoms with Crippen molar-refractivity contribution in [3.63, 3.8) is 0 Å². The van der Waals surface area contributed by atoms with Gasteiger partial charge in [-0.15, -0.1) is 0 Å². The molecule has 0 aliphatic rings. The van der Waals surface area contributed by atoms with Crippen LogP contribution in [0.1, 0.15) is 22.8 Å². The van der Waals surface area contributed by atoms with Gasteiger partial charge in [0.15, 0.2) is 0 Å². The molecule has 0 aliphatic heterocycles. The average molecular weight is 557 g/mol. The minimum atomic E-state index is -0.295. The normalized spacial score (nSPS) is 11.8. The van der Waals surface area contributed by atoms with Crippen LogP contribution >= 0.6 is 46.4 Å². The van der Waals surface area contributed by atoms with E-state index in [0.717, 1.165) is 24.1 Å². The summed E-state index contributed by atoms with van der Waals surface area (Å²) in [6.07, 6.45) is 6.86. The van der Waals surface area contributed by atoms with E-state index in [-0.39, 0.29) is 18.5 Å². The average Bonchev–Trinajstić information content (AvgIpc) is 3.24. The summed E-state index contributed by atoms with van der Waals surface area (Å²) in [6, 6.07) is 21.3. The number of aromatic nitrogens is 2. The lowest BCUT2D eigenvalue weighted by Gasteiger charge is -2.19. The highest BCUT2D eigenvalue weighted by atomic mass is 35.5. The van der Waals surface area contributed by atoms with E-state index in [9.17, 15) is 0 Å². The third kappa shape index (κ3) is 7.39. The predicted molar refractivity (Wildman–Crippen MR) is 135 cm³/mol. The maximum absolute atomic E-state index is 6.52. The molecule has 0 N–H and O–H groups in total. The summed E-state index contributed by atoms with van der Waals surface area (Å²) in [4.78, 5) is 0. The first-order chi connectivity index (χ1) is 16.0. The molecule has 178 valence electrons. The summed E-state index contributed by atoms with van der Waals surface area (Å²) in [5.41, 5.74) is 3.05. The van der Waals surface area contributed by atoms with Gasteiger partial charge in [-0.2, -0.15) is 0 Å². The van der Waals surface area contributed by atoms with Gasteiger partial charge in [-0.1, -0.05) is 88.9 Å². The van der Waals surface area contributed by atoms with E-state index < -0.39 is 0 Å². The molecular weight excluding hydrogens is 534 g/mol. The molecule has 1 heterocycles. The highest BCUT2D eigenvalue weighted by Crippen LogP contribution is 2.30. The van der Waals surface area contributed by atoms with Crippen LogP contribution in [0.3, 0.4) is 0 Å². The van der Waals surface area contributed by atoms with E-state index in [1.165, 1.54) is 5.56 Å². The van der Waals surface area contributed by atoms with Crippen LogP contribution in [0, 0.1) is 0 Å². The molecule has 8 heteroatoms. The molecule has 4 aromatic rings. The number of benzene rings is 3. The van der Waals surface area contributed by atoms with Crippen LogP contribution in [-0.2, 0) is 30.9 Å². The summed E-state index contributed by atoms with van der Waals surface area (Å²) in [5.74, 6) is 0. The topological polar surface area (TPSA) is 18.0 Å². The Balaban J connectivity index is 0.00000324. The van der Waals surface area contributed by atoms with Crippen molar-refractivity contribution in [3.8, 4) is 0 Å². The molecule has 0 fully saturated rings. The van der Waals surface area contributed by atoms with Crippen molar-refractivity contribution in [2.75, 3.05) is 0 Å². The standard InChI is InChI=1S/C26H23Cl4N2O.ClH/c27-21-7-6-20(24(29)14-21)17-33-26(23-9-8-22(28)15-25(23)30)16-32-13-12-31(18-32)11-10-19-4-2-1-3-5-19;/h1-9,12-15,18,26H,10-11,16-17H2;1H/q+1;/p-1. The van der Waals surface area contributed by atoms with Crippen molar-refractivity contribution in [1.82, 2.24) is 4.57 Å². The Kier molecular flexibility index (Phi) is 10.1. The molecule has 1 atom stereocenters. The maximum atomic E-state index is 6.52. The van der Waals surface area contributed by atoms with Crippen molar-refractivity contribution in [3.05, 3.63) is 122 Å². The highest BCUT2D eigenvalue weighted by molar-refractivity contribution is 6.35. The van der Waals surface area contributed by atoms with Crippen LogP contribution in [0.25, 0.3) is 0 Å². The van der Waals surface area contributed by atoms with Crippen LogP contribution in [0.15, 0.2) is 85.5 Å². The minimum Gasteiger partial charge on any atom is -1.00 e. The highest BCUT2D eigenvalue weighted by Gasteiger charge is 2.20. The Hall–Kier alpha value is -1.72. The summed E-state index contributed by atoms with van der Waals surface area (Å²) in [6.45, 7) is 1.81. The smallest absolute Gasteiger partial charge is 0.243 e. The number of hydrogen-bond donors (Lipinski definition) is 0. The number of rotatable bonds is 9. The lowest BCUT2D eigenvalue weighted by Crippen LogP contribution is -3.00. The Labute approximate surface area is 226 Å². The Bertz CT molecular complexity index is 1210. The molecular formula is C26H23Cl5N2O. The predicted octanol–water partition coefficient (Wildman–Crippen LogP) is 4.59. The Morgan fingerprint density at radius 3 is 2.26 bits per heavy atom. The molecule has 0 saturated heterocycles. The second-order valence-corrected chi connectivity index (χ2v) is 9.47. The lowest BCUT2D eigenvalue weighted by atomic mass is 10.1. The van der Waals surface area contributed by atoms with E-state index in [4.69, 9.17) is 51.1 Å². The molecule has 0 radical (unpaired) electrons. The molecule has 0 bridgehead atoms. The van der Waals surface area contributed by atoms with Crippen molar-refractivity contribution in [1.29, 1.82) is 0 Å². The minimum absolute atomic E-state index is 0. The fourth-order valence-electron chi connectivity index (χ4n) is 3.61. The molecule has 4 rings (SSSR count). The van der Waals surface area contributed by atoms with Gasteiger partial charge in [-0.05, 0) is 35.4 Å². The molecule has 1 aromatic heterocycles. The second kappa shape index (κ2) is 12.8. The van der Waals surface area contributed by atoms with E-state index in [2.05, 4.69) is 45.9 Å². The lowest BCUT2D eigenvalue weighted by molar-refractivity contribution is -0.704. The molecule has 3 aromatic carbocycles. The Morgan fingerprint density at radius 1 is 0.853 bits per heavy atom. The van der Waals surface area contributed by atoms with Crippen molar-refractivity contribution < 1.29 is 21.7 Å². The SMILES string of the molecule is Clc1ccc(COC(C[n+]2ccn(CCc3ccccc3)c2)c2ccc(Cl)cc2Cl)c(Cl)c1.[Cl-]. The van der Waals surface area contributed by atoms with Crippen LogP contribution in [-0.4, -0.2) is 4.57 Å². The number of nitrogens with zero attached hydrogens (tertiary/aromatic N) is 2. The zero-order valence-corrected chi connectivity index (χ0v) is 22.0. The van der Waals surface area contributed by atoms with E-state index >= 15 is 0 Å². The number of aryl methyl sites for hydroxylation is 2. The van der Waals surface area contributed by atoms with Crippen LogP contribution in [0.2, 0.25) is 20.1 Å². The molecule has 3 nitrogen and oxygen atoms in total. The molecule has 0 amide bonds. The maximum Gasteiger partial charge on any atom is 0.243 e. The monoisotopic (exact) mass is 554 g/mol. The fourth-order valence-corrected chi connectivity index (χ4v) is 4.60. The molecule has 0 spiro atoms. The number of hydrogen-bond acceptors (Lipinski definition) is 1. The first-order valence-corrected chi connectivity index (χ1v) is 12.1. The van der Waals surface area contributed by atoms with Gasteiger partial charge in [-0.3, -0.25) is 0 Å². The number of imidazole rings is 1. The third-order valence-corrected chi connectivity index (χ3v) is 6.54. The van der Waals surface area contributed by atoms with Gasteiger partial charge in [0.2, 0.25) is 6.33 Å². The van der Waals surface area contributed by atoms with Crippen LogP contribution in [0.5, 0.6) is 0 Å². The quantitative estimate of drug-likeness (QED) is 0.276. The molecule has 1 unspecified atom stereocenters. The van der Waals surface area contributed by atoms with Crippen molar-refractivity contribution in [2.24, 2.45) is 0 Å². The van der Waals surface area contributed by atoms with Gasteiger partial charge >= 0.3 is 0 Å². The van der Waals surface area contributed by atoms with Gasteiger partial charge in [0.1, 0.15) is 25.0 Å². The van der Waals surface area contributed by atoms with Crippen molar-refractivity contribution >= 4 is 46.4 Å². The molecule has 34 heavy (non-hydrogen) atoms. The van der Waals surface area contributed by atoms with Gasteiger partial charge in [0.05, 0.1) is 13.2 Å². The summed E-state index contributed by atoms with van der Waals surface area (Å²) in [5, 5.41) is 2.32. The molecule has 0 aliphatic carbocycles. The first kappa shape index (κ1) is 26.9. The first-order valence-electron chi connectivity index (χ1n) is 10.6. The molecule has 0 saturated carbocycles. The number of halogens is 5. The summed E-state index contributed by atoms with van der Waals surface area (Å²) < 4.78 is 10.6. The Morgan fingerprint density at radius 2 is 1.56 bits per heavy atom. The zero-order valence-electron chi connectivity index (χ0n) is 18.2. The zero-order chi connectivity index (χ0) is 23.2. The van der Waals surface area contributed by atoms with Gasteiger partial charge < -0.3 is 17.1 Å². The summed E-state index contributed by atoms with van der Waals surface area (Å²) in [7, 11) is 0. The van der Waals surface area contributed by atoms with Gasteiger partial charge in [0.25, 0.3) is 0 Å². The van der Waals surface area contributed by atoms with E-state index in [1.807, 2.05) is 30.5 Å². The van der Waals surface area contributed by atoms with E-state index in [1.54, 1.807) is 18.2 Å². The van der Waals surface area contributed by atoms with Gasteiger partial charge in [-0.25, -0.2) is 9.13 Å². The largest absolute Gasteiger partial charge is 1.00 e. The third-order valence-electron chi connectivity index (χ3n) is 5.39. The fraction of sp³-hybridized carbons (Fsp3) is 0.192. The van der Waals surface area contributed by atoms with E-state index in [0.29, 0.717) is 33.2 Å². The second-order valence-electron chi connectivity index (χ2n) is 7.79. The number of ether oxygens (including phenoxy) is 1. The van der Waals surface area contributed by atoms with Crippen molar-refractivity contribution in [2.45, 2.75) is 32.2 Å². The van der Waals surface area contributed by atoms with Crippen LogP contribution in [0.4, 0.5) is 0 Å². The summed E-state index contributed by atoms with van der Waals surface area (Å²) >= 11 is 25.0. The van der Waals surface area contributed by atoms with Crippen LogP contribution < -0.4 is 17.0 Å².